The molecular formula is C10H7BrClNO2. The Morgan fingerprint density at radius 3 is 2.87 bits per heavy atom. The van der Waals surface area contributed by atoms with Gasteiger partial charge in [-0.2, -0.15) is 0 Å². The number of nitrogens with one attached hydrogen (secondary N) is 1. The van der Waals surface area contributed by atoms with Crippen LogP contribution in [-0.4, -0.2) is 12.1 Å². The van der Waals surface area contributed by atoms with Crippen LogP contribution in [0, 0.1) is 0 Å². The fourth-order valence-corrected chi connectivity index (χ4v) is 2.01. The molecule has 0 fully saturated rings. The topological polar surface area (TPSA) is 42.1 Å². The molecule has 0 amide bonds. The molecule has 1 heterocycles. The van der Waals surface area contributed by atoms with Crippen LogP contribution in [0.3, 0.4) is 0 Å². The van der Waals surface area contributed by atoms with Gasteiger partial charge in [0.1, 0.15) is 10.8 Å². The van der Waals surface area contributed by atoms with Crippen molar-refractivity contribution in [3.63, 3.8) is 0 Å². The minimum Gasteiger partial charge on any atom is -0.496 e. The number of halogens is 2. The second-order valence-corrected chi connectivity index (χ2v) is 4.23. The zero-order valence-electron chi connectivity index (χ0n) is 7.80. The van der Waals surface area contributed by atoms with Crippen molar-refractivity contribution in [2.75, 3.05) is 7.11 Å². The first kappa shape index (κ1) is 10.5. The highest BCUT2D eigenvalue weighted by atomic mass is 79.9. The summed E-state index contributed by atoms with van der Waals surface area (Å²) in [5, 5.41) is 0.610. The van der Waals surface area contributed by atoms with Gasteiger partial charge in [-0.1, -0.05) is 11.6 Å². The lowest BCUT2D eigenvalue weighted by atomic mass is 10.2. The maximum Gasteiger partial charge on any atom is 0.211 e. The van der Waals surface area contributed by atoms with E-state index in [0.717, 1.165) is 4.47 Å². The zero-order chi connectivity index (χ0) is 11.0. The fourth-order valence-electron chi connectivity index (χ4n) is 1.42. The Bertz CT molecular complexity index is 579. The van der Waals surface area contributed by atoms with Crippen molar-refractivity contribution in [3.05, 3.63) is 38.0 Å². The Labute approximate surface area is 99.1 Å². The molecule has 0 saturated heterocycles. The van der Waals surface area contributed by atoms with E-state index in [1.807, 2.05) is 6.07 Å². The average molecular weight is 289 g/mol. The van der Waals surface area contributed by atoms with E-state index in [2.05, 4.69) is 20.9 Å². The smallest absolute Gasteiger partial charge is 0.211 e. The lowest BCUT2D eigenvalue weighted by Gasteiger charge is -2.06. The standard InChI is InChI=1S/C10H7BrClNO2/c1-15-7-3-2-5(11)9-8(7)10(14)6(12)4-13-9/h2-4H,1H3,(H,13,14). The summed E-state index contributed by atoms with van der Waals surface area (Å²) < 4.78 is 5.92. The zero-order valence-corrected chi connectivity index (χ0v) is 10.1. The number of pyridine rings is 1. The third kappa shape index (κ3) is 1.64. The third-order valence-corrected chi connectivity index (χ3v) is 3.06. The highest BCUT2D eigenvalue weighted by Gasteiger charge is 2.10. The molecule has 0 saturated carbocycles. The van der Waals surface area contributed by atoms with E-state index in [9.17, 15) is 4.79 Å². The van der Waals surface area contributed by atoms with Crippen molar-refractivity contribution < 1.29 is 4.74 Å². The summed E-state index contributed by atoms with van der Waals surface area (Å²) in [6, 6.07) is 3.53. The summed E-state index contributed by atoms with van der Waals surface area (Å²) in [7, 11) is 1.52. The van der Waals surface area contributed by atoms with E-state index in [-0.39, 0.29) is 10.5 Å². The van der Waals surface area contributed by atoms with Gasteiger partial charge in [0.05, 0.1) is 18.0 Å². The predicted octanol–water partition coefficient (Wildman–Crippen LogP) is 2.95. The number of ether oxygens (including phenoxy) is 1. The Morgan fingerprint density at radius 1 is 1.47 bits per heavy atom. The molecule has 78 valence electrons. The van der Waals surface area contributed by atoms with Crippen LogP contribution in [0.1, 0.15) is 0 Å². The minimum absolute atomic E-state index is 0.152. The number of fused-ring (bicyclic) bond motifs is 1. The molecule has 15 heavy (non-hydrogen) atoms. The molecule has 0 bridgehead atoms. The SMILES string of the molecule is COc1ccc(Br)c2[nH]cc(Cl)c(=O)c12. The van der Waals surface area contributed by atoms with Crippen LogP contribution in [0.5, 0.6) is 5.75 Å². The van der Waals surface area contributed by atoms with Crippen molar-refractivity contribution in [2.45, 2.75) is 0 Å². The highest BCUT2D eigenvalue weighted by molar-refractivity contribution is 9.10. The van der Waals surface area contributed by atoms with Crippen LogP contribution in [0.2, 0.25) is 5.02 Å². The second kappa shape index (κ2) is 3.87. The van der Waals surface area contributed by atoms with E-state index in [4.69, 9.17) is 16.3 Å². The Morgan fingerprint density at radius 2 is 2.20 bits per heavy atom. The van der Waals surface area contributed by atoms with Gasteiger partial charge in [-0.25, -0.2) is 0 Å². The summed E-state index contributed by atoms with van der Waals surface area (Å²) in [4.78, 5) is 14.8. The van der Waals surface area contributed by atoms with E-state index in [1.165, 1.54) is 13.3 Å². The average Bonchev–Trinajstić information content (AvgIpc) is 2.24. The largest absolute Gasteiger partial charge is 0.496 e. The lowest BCUT2D eigenvalue weighted by molar-refractivity contribution is 0.419. The summed E-state index contributed by atoms with van der Waals surface area (Å²) in [6.07, 6.45) is 1.47. The fraction of sp³-hybridized carbons (Fsp3) is 0.100. The molecule has 2 rings (SSSR count). The number of rotatable bonds is 1. The minimum atomic E-state index is -0.233. The number of methoxy groups -OCH3 is 1. The van der Waals surface area contributed by atoms with Gasteiger partial charge >= 0.3 is 0 Å². The molecule has 3 nitrogen and oxygen atoms in total. The maximum absolute atomic E-state index is 11.8. The first-order valence-corrected chi connectivity index (χ1v) is 5.35. The molecular weight excluding hydrogens is 281 g/mol. The van der Waals surface area contributed by atoms with Gasteiger partial charge in [-0.05, 0) is 28.1 Å². The van der Waals surface area contributed by atoms with Crippen LogP contribution in [0.25, 0.3) is 10.9 Å². The van der Waals surface area contributed by atoms with Crippen molar-refractivity contribution in [3.8, 4) is 5.75 Å². The van der Waals surface area contributed by atoms with Crippen LogP contribution in [0.15, 0.2) is 27.6 Å². The molecule has 1 aromatic carbocycles. The lowest BCUT2D eigenvalue weighted by Crippen LogP contribution is -2.05. The van der Waals surface area contributed by atoms with Gasteiger partial charge < -0.3 is 9.72 Å². The van der Waals surface area contributed by atoms with E-state index < -0.39 is 0 Å². The molecule has 0 spiro atoms. The van der Waals surface area contributed by atoms with E-state index in [0.29, 0.717) is 16.7 Å². The predicted molar refractivity (Wildman–Crippen MR) is 63.8 cm³/mol. The number of aromatic amines is 1. The summed E-state index contributed by atoms with van der Waals surface area (Å²) >= 11 is 9.10. The molecule has 0 atom stereocenters. The van der Waals surface area contributed by atoms with Gasteiger partial charge in [-0.3, -0.25) is 4.79 Å². The van der Waals surface area contributed by atoms with Crippen molar-refractivity contribution >= 4 is 38.4 Å². The Hall–Kier alpha value is -1.00. The molecule has 0 aliphatic carbocycles. The van der Waals surface area contributed by atoms with Crippen molar-refractivity contribution in [1.29, 1.82) is 0 Å². The Balaban J connectivity index is 3.02. The van der Waals surface area contributed by atoms with Gasteiger partial charge in [0, 0.05) is 10.7 Å². The number of hydrogen-bond acceptors (Lipinski definition) is 2. The van der Waals surface area contributed by atoms with E-state index >= 15 is 0 Å². The first-order valence-electron chi connectivity index (χ1n) is 4.18. The number of aromatic nitrogens is 1. The van der Waals surface area contributed by atoms with Gasteiger partial charge in [0.15, 0.2) is 0 Å². The van der Waals surface area contributed by atoms with Crippen LogP contribution in [0.4, 0.5) is 0 Å². The second-order valence-electron chi connectivity index (χ2n) is 2.97. The maximum atomic E-state index is 11.8. The van der Waals surface area contributed by atoms with Crippen molar-refractivity contribution in [1.82, 2.24) is 4.98 Å². The van der Waals surface area contributed by atoms with Crippen LogP contribution < -0.4 is 10.2 Å². The summed E-state index contributed by atoms with van der Waals surface area (Å²) in [6.45, 7) is 0. The molecule has 0 radical (unpaired) electrons. The molecule has 0 aliphatic rings. The van der Waals surface area contributed by atoms with Gasteiger partial charge in [0.2, 0.25) is 5.43 Å². The molecule has 0 unspecified atom stereocenters. The number of H-pyrrole nitrogens is 1. The van der Waals surface area contributed by atoms with Crippen LogP contribution in [-0.2, 0) is 0 Å². The number of hydrogen-bond donors (Lipinski definition) is 1. The van der Waals surface area contributed by atoms with Gasteiger partial charge in [0.25, 0.3) is 0 Å². The third-order valence-electron chi connectivity index (χ3n) is 2.12. The quantitative estimate of drug-likeness (QED) is 0.876. The van der Waals surface area contributed by atoms with Crippen LogP contribution >= 0.6 is 27.5 Å². The molecule has 5 heteroatoms. The molecule has 1 aromatic heterocycles. The monoisotopic (exact) mass is 287 g/mol. The van der Waals surface area contributed by atoms with Crippen molar-refractivity contribution in [2.24, 2.45) is 0 Å². The first-order chi connectivity index (χ1) is 7.15. The molecule has 2 aromatic rings. The normalized spacial score (nSPS) is 10.6. The molecule has 0 aliphatic heterocycles. The summed E-state index contributed by atoms with van der Waals surface area (Å²) in [5.41, 5.74) is 0.451. The molecule has 1 N–H and O–H groups in total. The highest BCUT2D eigenvalue weighted by Crippen LogP contribution is 2.28. The Kier molecular flexibility index (Phi) is 2.71. The summed E-state index contributed by atoms with van der Waals surface area (Å²) in [5.74, 6) is 0.511. The number of benzene rings is 1. The van der Waals surface area contributed by atoms with Gasteiger partial charge in [-0.15, -0.1) is 0 Å². The van der Waals surface area contributed by atoms with E-state index in [1.54, 1.807) is 6.07 Å².